The van der Waals surface area contributed by atoms with Gasteiger partial charge in [0.05, 0.1) is 6.54 Å². The highest BCUT2D eigenvalue weighted by Gasteiger charge is 2.24. The summed E-state index contributed by atoms with van der Waals surface area (Å²) in [6.07, 6.45) is 5.18. The summed E-state index contributed by atoms with van der Waals surface area (Å²) in [7, 11) is 2.14. The molecule has 2 unspecified atom stereocenters. The maximum atomic E-state index is 13.7. The van der Waals surface area contributed by atoms with Crippen LogP contribution in [0.1, 0.15) is 43.7 Å². The molecule has 1 aromatic rings. The van der Waals surface area contributed by atoms with E-state index in [1.807, 2.05) is 6.07 Å². The van der Waals surface area contributed by atoms with Crippen molar-refractivity contribution in [2.24, 2.45) is 11.7 Å². The first-order chi connectivity index (χ1) is 10.1. The van der Waals surface area contributed by atoms with Gasteiger partial charge in [-0.15, -0.1) is 0 Å². The zero-order valence-electron chi connectivity index (χ0n) is 13.0. The van der Waals surface area contributed by atoms with Gasteiger partial charge in [-0.25, -0.2) is 4.39 Å². The topological polar surface area (TPSA) is 29.3 Å². The fraction of sp³-hybridized carbons (Fsp3) is 0.556. The van der Waals surface area contributed by atoms with E-state index in [9.17, 15) is 4.39 Å². The van der Waals surface area contributed by atoms with Crippen molar-refractivity contribution < 1.29 is 4.39 Å². The predicted octanol–water partition coefficient (Wildman–Crippen LogP) is 3.15. The molecule has 1 fully saturated rings. The van der Waals surface area contributed by atoms with E-state index in [0.717, 1.165) is 12.1 Å². The fourth-order valence-electron chi connectivity index (χ4n) is 3.32. The van der Waals surface area contributed by atoms with Crippen LogP contribution in [-0.4, -0.2) is 24.5 Å². The van der Waals surface area contributed by atoms with E-state index in [2.05, 4.69) is 30.7 Å². The van der Waals surface area contributed by atoms with Crippen molar-refractivity contribution in [2.45, 2.75) is 45.2 Å². The van der Waals surface area contributed by atoms with Crippen molar-refractivity contribution in [1.29, 1.82) is 0 Å². The van der Waals surface area contributed by atoms with Gasteiger partial charge in [0.2, 0.25) is 0 Å². The van der Waals surface area contributed by atoms with Crippen molar-refractivity contribution in [3.8, 4) is 11.8 Å². The standard InChI is InChI=1S/C18H25FN2/c1-14-6-3-4-8-18(14)21(2)13-16-10-15(7-5-9-20)11-17(19)12-16/h10-12,14,18H,3-4,6,8-9,13,20H2,1-2H3. The largest absolute Gasteiger partial charge is 0.320 e. The smallest absolute Gasteiger partial charge is 0.124 e. The summed E-state index contributed by atoms with van der Waals surface area (Å²) in [6, 6.07) is 5.64. The van der Waals surface area contributed by atoms with E-state index < -0.39 is 0 Å². The number of benzene rings is 1. The molecule has 1 aliphatic rings. The van der Waals surface area contributed by atoms with E-state index >= 15 is 0 Å². The highest BCUT2D eigenvalue weighted by atomic mass is 19.1. The van der Waals surface area contributed by atoms with Crippen molar-refractivity contribution in [1.82, 2.24) is 4.90 Å². The second-order valence-corrected chi connectivity index (χ2v) is 6.10. The lowest BCUT2D eigenvalue weighted by Crippen LogP contribution is -2.38. The third kappa shape index (κ3) is 4.56. The van der Waals surface area contributed by atoms with Gasteiger partial charge in [-0.2, -0.15) is 0 Å². The first kappa shape index (κ1) is 16.0. The molecule has 1 saturated carbocycles. The lowest BCUT2D eigenvalue weighted by atomic mass is 9.85. The van der Waals surface area contributed by atoms with E-state index in [1.54, 1.807) is 6.07 Å². The number of rotatable bonds is 3. The molecule has 1 aliphatic carbocycles. The molecule has 0 aliphatic heterocycles. The van der Waals surface area contributed by atoms with Crippen LogP contribution in [0.25, 0.3) is 0 Å². The van der Waals surface area contributed by atoms with Gasteiger partial charge in [-0.3, -0.25) is 4.90 Å². The number of halogens is 1. The molecule has 0 radical (unpaired) electrons. The summed E-state index contributed by atoms with van der Waals surface area (Å²) in [5, 5.41) is 0. The Bertz CT molecular complexity index is 530. The Labute approximate surface area is 127 Å². The highest BCUT2D eigenvalue weighted by molar-refractivity contribution is 5.38. The Kier molecular flexibility index (Phi) is 5.78. The SMILES string of the molecule is CC1CCCCC1N(C)Cc1cc(F)cc(C#CCN)c1. The fourth-order valence-corrected chi connectivity index (χ4v) is 3.32. The lowest BCUT2D eigenvalue weighted by Gasteiger charge is -2.36. The van der Waals surface area contributed by atoms with Crippen LogP contribution in [-0.2, 0) is 6.54 Å². The summed E-state index contributed by atoms with van der Waals surface area (Å²) in [5.41, 5.74) is 7.06. The molecule has 114 valence electrons. The van der Waals surface area contributed by atoms with Crippen LogP contribution < -0.4 is 5.73 Å². The van der Waals surface area contributed by atoms with E-state index in [1.165, 1.54) is 31.7 Å². The van der Waals surface area contributed by atoms with Gasteiger partial charge < -0.3 is 5.73 Å². The van der Waals surface area contributed by atoms with Crippen molar-refractivity contribution in [3.05, 3.63) is 35.1 Å². The monoisotopic (exact) mass is 288 g/mol. The minimum atomic E-state index is -0.223. The molecule has 2 N–H and O–H groups in total. The van der Waals surface area contributed by atoms with Gasteiger partial charge in [0, 0.05) is 18.2 Å². The third-order valence-electron chi connectivity index (χ3n) is 4.36. The van der Waals surface area contributed by atoms with E-state index in [0.29, 0.717) is 24.1 Å². The number of nitrogens with two attached hydrogens (primary N) is 1. The number of hydrogen-bond donors (Lipinski definition) is 1. The molecule has 0 saturated heterocycles. The van der Waals surface area contributed by atoms with Crippen LogP contribution in [0.4, 0.5) is 4.39 Å². The Morgan fingerprint density at radius 1 is 1.29 bits per heavy atom. The predicted molar refractivity (Wildman–Crippen MR) is 85.2 cm³/mol. The van der Waals surface area contributed by atoms with Crippen LogP contribution in [0.3, 0.4) is 0 Å². The summed E-state index contributed by atoms with van der Waals surface area (Å²) < 4.78 is 13.7. The first-order valence-electron chi connectivity index (χ1n) is 7.79. The minimum absolute atomic E-state index is 0.223. The Morgan fingerprint density at radius 2 is 2.05 bits per heavy atom. The van der Waals surface area contributed by atoms with Crippen molar-refractivity contribution in [2.75, 3.05) is 13.6 Å². The summed E-state index contributed by atoms with van der Waals surface area (Å²) in [5.74, 6) is 6.19. The maximum absolute atomic E-state index is 13.7. The molecule has 2 atom stereocenters. The normalized spacial score (nSPS) is 22.0. The quantitative estimate of drug-likeness (QED) is 0.866. The average molecular weight is 288 g/mol. The van der Waals surface area contributed by atoms with Crippen LogP contribution in [0.5, 0.6) is 0 Å². The van der Waals surface area contributed by atoms with E-state index in [4.69, 9.17) is 5.73 Å². The van der Waals surface area contributed by atoms with Gasteiger partial charge in [0.15, 0.2) is 0 Å². The molecular weight excluding hydrogens is 263 g/mol. The average Bonchev–Trinajstić information content (AvgIpc) is 2.45. The van der Waals surface area contributed by atoms with Crippen LogP contribution in [0.2, 0.25) is 0 Å². The molecule has 1 aromatic carbocycles. The van der Waals surface area contributed by atoms with Gasteiger partial charge in [-0.1, -0.05) is 31.6 Å². The van der Waals surface area contributed by atoms with Crippen LogP contribution in [0, 0.1) is 23.6 Å². The molecule has 2 nitrogen and oxygen atoms in total. The molecule has 0 aromatic heterocycles. The second-order valence-electron chi connectivity index (χ2n) is 6.10. The summed E-state index contributed by atoms with van der Waals surface area (Å²) in [6.45, 7) is 3.39. The molecular formula is C18H25FN2. The third-order valence-corrected chi connectivity index (χ3v) is 4.36. The van der Waals surface area contributed by atoms with Gasteiger partial charge >= 0.3 is 0 Å². The molecule has 2 rings (SSSR count). The molecule has 0 bridgehead atoms. The van der Waals surface area contributed by atoms with Crippen LogP contribution in [0.15, 0.2) is 18.2 Å². The highest BCUT2D eigenvalue weighted by Crippen LogP contribution is 2.28. The van der Waals surface area contributed by atoms with Gasteiger partial charge in [0.25, 0.3) is 0 Å². The van der Waals surface area contributed by atoms with E-state index in [-0.39, 0.29) is 5.82 Å². The van der Waals surface area contributed by atoms with Gasteiger partial charge in [0.1, 0.15) is 5.82 Å². The number of hydrogen-bond acceptors (Lipinski definition) is 2. The molecule has 0 spiro atoms. The molecule has 21 heavy (non-hydrogen) atoms. The Balaban J connectivity index is 2.09. The van der Waals surface area contributed by atoms with Crippen molar-refractivity contribution >= 4 is 0 Å². The Hall–Kier alpha value is -1.37. The van der Waals surface area contributed by atoms with Crippen molar-refractivity contribution in [3.63, 3.8) is 0 Å². The summed E-state index contributed by atoms with van der Waals surface area (Å²) in [4.78, 5) is 2.36. The second kappa shape index (κ2) is 7.59. The number of nitrogens with zero attached hydrogens (tertiary/aromatic N) is 1. The first-order valence-corrected chi connectivity index (χ1v) is 7.79. The zero-order chi connectivity index (χ0) is 15.2. The summed E-state index contributed by atoms with van der Waals surface area (Å²) >= 11 is 0. The molecule has 0 heterocycles. The molecule has 0 amide bonds. The zero-order valence-corrected chi connectivity index (χ0v) is 13.0. The maximum Gasteiger partial charge on any atom is 0.124 e. The van der Waals surface area contributed by atoms with Gasteiger partial charge in [-0.05, 0) is 49.6 Å². The minimum Gasteiger partial charge on any atom is -0.320 e. The molecule has 3 heteroatoms. The van der Waals surface area contributed by atoms with Crippen LogP contribution >= 0.6 is 0 Å². The lowest BCUT2D eigenvalue weighted by molar-refractivity contribution is 0.133. The Morgan fingerprint density at radius 3 is 2.76 bits per heavy atom.